The molecule has 0 bridgehead atoms. The molecule has 1 aliphatic heterocycles. The van der Waals surface area contributed by atoms with Crippen molar-refractivity contribution in [2.45, 2.75) is 25.1 Å². The van der Waals surface area contributed by atoms with Crippen LogP contribution in [0, 0.1) is 0 Å². The molecule has 1 amide bonds. The van der Waals surface area contributed by atoms with Gasteiger partial charge in [-0.15, -0.1) is 11.3 Å². The molecule has 0 N–H and O–H groups in total. The van der Waals surface area contributed by atoms with Crippen molar-refractivity contribution in [3.8, 4) is 11.5 Å². The van der Waals surface area contributed by atoms with Gasteiger partial charge in [0.15, 0.2) is 11.5 Å². The fourth-order valence-corrected chi connectivity index (χ4v) is 4.07. The van der Waals surface area contributed by atoms with Crippen molar-refractivity contribution in [3.05, 3.63) is 46.2 Å². The highest BCUT2D eigenvalue weighted by Gasteiger charge is 2.35. The molecule has 3 rings (SSSR count). The first-order chi connectivity index (χ1) is 14.7. The molecule has 2 aromatic rings. The summed E-state index contributed by atoms with van der Waals surface area (Å²) in [5.41, 5.74) is 1.57. The molecule has 0 radical (unpaired) electrons. The average molecular weight is 456 g/mol. The third-order valence-electron chi connectivity index (χ3n) is 4.95. The summed E-state index contributed by atoms with van der Waals surface area (Å²) in [4.78, 5) is 15.3. The summed E-state index contributed by atoms with van der Waals surface area (Å²) in [6.45, 7) is -0.424. The summed E-state index contributed by atoms with van der Waals surface area (Å²) in [6, 6.07) is 8.84. The van der Waals surface area contributed by atoms with E-state index in [4.69, 9.17) is 9.47 Å². The van der Waals surface area contributed by atoms with Crippen molar-refractivity contribution < 1.29 is 27.4 Å². The Labute approximate surface area is 182 Å². The SMILES string of the molecule is COc1ccc(C2CC(c3cccs3)=NN2C(=O)CN(C)CCC(F)(F)F)cc1OC. The van der Waals surface area contributed by atoms with Gasteiger partial charge < -0.3 is 9.47 Å². The minimum atomic E-state index is -4.27. The quantitative estimate of drug-likeness (QED) is 0.595. The van der Waals surface area contributed by atoms with Gasteiger partial charge in [-0.1, -0.05) is 12.1 Å². The van der Waals surface area contributed by atoms with E-state index in [-0.39, 0.29) is 25.0 Å². The normalized spacial score (nSPS) is 16.5. The van der Waals surface area contributed by atoms with Crippen LogP contribution in [0.25, 0.3) is 0 Å². The van der Waals surface area contributed by atoms with E-state index in [9.17, 15) is 18.0 Å². The van der Waals surface area contributed by atoms with Crippen molar-refractivity contribution in [3.63, 3.8) is 0 Å². The van der Waals surface area contributed by atoms with Crippen molar-refractivity contribution in [2.24, 2.45) is 5.10 Å². The number of carbonyl (C=O) groups excluding carboxylic acids is 1. The molecule has 1 atom stereocenters. The summed E-state index contributed by atoms with van der Waals surface area (Å²) in [6.07, 6.45) is -4.74. The number of benzene rings is 1. The second-order valence-corrected chi connectivity index (χ2v) is 8.15. The Balaban J connectivity index is 1.83. The summed E-state index contributed by atoms with van der Waals surface area (Å²) in [5.74, 6) is 0.726. The van der Waals surface area contributed by atoms with Gasteiger partial charge in [-0.25, -0.2) is 5.01 Å². The van der Waals surface area contributed by atoms with E-state index in [1.165, 1.54) is 42.5 Å². The average Bonchev–Trinajstić information content (AvgIpc) is 3.41. The number of rotatable bonds is 8. The van der Waals surface area contributed by atoms with Gasteiger partial charge >= 0.3 is 6.18 Å². The van der Waals surface area contributed by atoms with Gasteiger partial charge in [-0.2, -0.15) is 18.3 Å². The van der Waals surface area contributed by atoms with Gasteiger partial charge in [0.25, 0.3) is 5.91 Å². The molecule has 31 heavy (non-hydrogen) atoms. The zero-order chi connectivity index (χ0) is 22.6. The standard InChI is InChI=1S/C21H24F3N3O3S/c1-26(9-8-21(22,23)24)13-20(28)27-16(12-15(25-27)19-5-4-10-31-19)14-6-7-17(29-2)18(11-14)30-3/h4-7,10-11,16H,8-9,12-13H2,1-3H3. The summed E-state index contributed by atoms with van der Waals surface area (Å²) in [7, 11) is 4.56. The molecule has 0 saturated heterocycles. The van der Waals surface area contributed by atoms with E-state index in [1.807, 2.05) is 23.6 Å². The predicted octanol–water partition coefficient (Wildman–Crippen LogP) is 4.33. The lowest BCUT2D eigenvalue weighted by Crippen LogP contribution is -2.37. The number of carbonyl (C=O) groups is 1. The molecule has 6 nitrogen and oxygen atoms in total. The van der Waals surface area contributed by atoms with Crippen molar-refractivity contribution in [2.75, 3.05) is 34.4 Å². The summed E-state index contributed by atoms with van der Waals surface area (Å²) in [5, 5.41) is 7.84. The molecule has 168 valence electrons. The second-order valence-electron chi connectivity index (χ2n) is 7.20. The van der Waals surface area contributed by atoms with E-state index in [1.54, 1.807) is 12.1 Å². The molecule has 2 heterocycles. The third kappa shape index (κ3) is 5.76. The number of likely N-dealkylation sites (N-methyl/N-ethyl adjacent to an activating group) is 1. The lowest BCUT2D eigenvalue weighted by molar-refractivity contribution is -0.142. The molecule has 1 aromatic heterocycles. The molecule has 1 aromatic carbocycles. The van der Waals surface area contributed by atoms with Crippen LogP contribution in [-0.4, -0.2) is 62.1 Å². The second kappa shape index (κ2) is 9.69. The highest BCUT2D eigenvalue weighted by Crippen LogP contribution is 2.38. The molecule has 0 fully saturated rings. The number of ether oxygens (including phenoxy) is 2. The lowest BCUT2D eigenvalue weighted by atomic mass is 10.0. The number of alkyl halides is 3. The maximum Gasteiger partial charge on any atom is 0.390 e. The smallest absolute Gasteiger partial charge is 0.390 e. The zero-order valence-corrected chi connectivity index (χ0v) is 18.3. The first-order valence-electron chi connectivity index (χ1n) is 9.62. The number of hydrogen-bond acceptors (Lipinski definition) is 6. The van der Waals surface area contributed by atoms with Crippen LogP contribution in [0.4, 0.5) is 13.2 Å². The number of nitrogens with zero attached hydrogens (tertiary/aromatic N) is 3. The van der Waals surface area contributed by atoms with Gasteiger partial charge in [0, 0.05) is 13.0 Å². The Morgan fingerprint density at radius 2 is 2.00 bits per heavy atom. The highest BCUT2D eigenvalue weighted by molar-refractivity contribution is 7.12. The fraction of sp³-hybridized carbons (Fsp3) is 0.429. The molecule has 0 saturated carbocycles. The van der Waals surface area contributed by atoms with E-state index < -0.39 is 12.6 Å². The Morgan fingerprint density at radius 1 is 1.26 bits per heavy atom. The van der Waals surface area contributed by atoms with Crippen molar-refractivity contribution in [1.82, 2.24) is 9.91 Å². The van der Waals surface area contributed by atoms with Crippen LogP contribution in [0.5, 0.6) is 11.5 Å². The van der Waals surface area contributed by atoms with Crippen LogP contribution < -0.4 is 9.47 Å². The number of hydrazone groups is 1. The van der Waals surface area contributed by atoms with Crippen LogP contribution in [0.1, 0.15) is 29.3 Å². The van der Waals surface area contributed by atoms with E-state index in [0.29, 0.717) is 17.9 Å². The fourth-order valence-electron chi connectivity index (χ4n) is 3.35. The topological polar surface area (TPSA) is 54.4 Å². The molecule has 1 unspecified atom stereocenters. The van der Waals surface area contributed by atoms with Gasteiger partial charge in [0.05, 0.1) is 43.8 Å². The van der Waals surface area contributed by atoms with Gasteiger partial charge in [-0.05, 0) is 36.2 Å². The van der Waals surface area contributed by atoms with Crippen LogP contribution in [0.2, 0.25) is 0 Å². The Bertz CT molecular complexity index is 932. The number of thiophene rings is 1. The van der Waals surface area contributed by atoms with Crippen LogP contribution in [0.3, 0.4) is 0 Å². The first kappa shape index (κ1) is 23.1. The Kier molecular flexibility index (Phi) is 7.22. The van der Waals surface area contributed by atoms with Gasteiger partial charge in [0.2, 0.25) is 0 Å². The maximum atomic E-state index is 13.0. The predicted molar refractivity (Wildman–Crippen MR) is 113 cm³/mol. The number of hydrogen-bond donors (Lipinski definition) is 0. The number of amides is 1. The van der Waals surface area contributed by atoms with Gasteiger partial charge in [0.1, 0.15) is 0 Å². The van der Waals surface area contributed by atoms with E-state index >= 15 is 0 Å². The van der Waals surface area contributed by atoms with Crippen LogP contribution in [-0.2, 0) is 4.79 Å². The summed E-state index contributed by atoms with van der Waals surface area (Å²) >= 11 is 1.52. The minimum absolute atomic E-state index is 0.166. The molecular weight excluding hydrogens is 431 g/mol. The monoisotopic (exact) mass is 455 g/mol. The summed E-state index contributed by atoms with van der Waals surface area (Å²) < 4.78 is 48.2. The van der Waals surface area contributed by atoms with Gasteiger partial charge in [-0.3, -0.25) is 9.69 Å². The largest absolute Gasteiger partial charge is 0.493 e. The third-order valence-corrected chi connectivity index (χ3v) is 5.86. The molecule has 10 heteroatoms. The molecule has 0 spiro atoms. The minimum Gasteiger partial charge on any atom is -0.493 e. The lowest BCUT2D eigenvalue weighted by Gasteiger charge is -2.25. The first-order valence-corrected chi connectivity index (χ1v) is 10.5. The zero-order valence-electron chi connectivity index (χ0n) is 17.5. The van der Waals surface area contributed by atoms with E-state index in [2.05, 4.69) is 5.10 Å². The Hall–Kier alpha value is -2.59. The molecule has 1 aliphatic rings. The van der Waals surface area contributed by atoms with Crippen molar-refractivity contribution >= 4 is 23.0 Å². The highest BCUT2D eigenvalue weighted by atomic mass is 32.1. The van der Waals surface area contributed by atoms with E-state index in [0.717, 1.165) is 16.2 Å². The number of halogens is 3. The maximum absolute atomic E-state index is 13.0. The van der Waals surface area contributed by atoms with Crippen LogP contribution >= 0.6 is 11.3 Å². The Morgan fingerprint density at radius 3 is 2.61 bits per heavy atom. The molecular formula is C21H24F3N3O3S. The van der Waals surface area contributed by atoms with Crippen LogP contribution in [0.15, 0.2) is 40.8 Å². The van der Waals surface area contributed by atoms with Crippen molar-refractivity contribution in [1.29, 1.82) is 0 Å². The molecule has 0 aliphatic carbocycles. The number of methoxy groups -OCH3 is 2.